The maximum absolute atomic E-state index is 12.3. The fourth-order valence-electron chi connectivity index (χ4n) is 1.81. The zero-order chi connectivity index (χ0) is 13.0. The molecule has 1 aliphatic rings. The average molecular weight is 249 g/mol. The molecule has 0 aliphatic heterocycles. The van der Waals surface area contributed by atoms with E-state index >= 15 is 0 Å². The summed E-state index contributed by atoms with van der Waals surface area (Å²) in [6.45, 7) is 2.81. The Morgan fingerprint density at radius 2 is 2.39 bits per heavy atom. The number of nitrogens with one attached hydrogen (secondary N) is 1. The van der Waals surface area contributed by atoms with Gasteiger partial charge in [-0.1, -0.05) is 0 Å². The van der Waals surface area contributed by atoms with E-state index < -0.39 is 0 Å². The van der Waals surface area contributed by atoms with Crippen molar-refractivity contribution >= 4 is 11.7 Å². The van der Waals surface area contributed by atoms with Gasteiger partial charge in [0.25, 0.3) is 5.91 Å². The van der Waals surface area contributed by atoms with Gasteiger partial charge in [-0.05, 0) is 31.9 Å². The first-order valence-corrected chi connectivity index (χ1v) is 6.38. The highest BCUT2D eigenvalue weighted by Gasteiger charge is 2.25. The molecule has 2 N–H and O–H groups in total. The van der Waals surface area contributed by atoms with Crippen molar-refractivity contribution in [1.29, 1.82) is 0 Å². The van der Waals surface area contributed by atoms with E-state index in [1.54, 1.807) is 23.2 Å². The number of rotatable bonds is 6. The quantitative estimate of drug-likeness (QED) is 0.792. The molecule has 18 heavy (non-hydrogen) atoms. The van der Waals surface area contributed by atoms with Crippen LogP contribution in [0.25, 0.3) is 0 Å². The smallest absolute Gasteiger partial charge is 0.257 e. The highest BCUT2D eigenvalue weighted by atomic mass is 16.3. The van der Waals surface area contributed by atoms with E-state index in [0.29, 0.717) is 30.5 Å². The molecule has 1 amide bonds. The van der Waals surface area contributed by atoms with Crippen molar-refractivity contribution in [2.24, 2.45) is 0 Å². The van der Waals surface area contributed by atoms with Crippen molar-refractivity contribution in [2.75, 3.05) is 25.0 Å². The molecule has 0 unspecified atom stereocenters. The van der Waals surface area contributed by atoms with Crippen LogP contribution in [-0.4, -0.2) is 46.6 Å². The Morgan fingerprint density at radius 3 is 3.00 bits per heavy atom. The van der Waals surface area contributed by atoms with E-state index in [-0.39, 0.29) is 12.5 Å². The highest BCUT2D eigenvalue weighted by molar-refractivity contribution is 5.98. The third kappa shape index (κ3) is 2.98. The molecule has 0 saturated heterocycles. The van der Waals surface area contributed by atoms with Crippen LogP contribution >= 0.6 is 0 Å². The Kier molecular flexibility index (Phi) is 4.15. The van der Waals surface area contributed by atoms with E-state index in [0.717, 1.165) is 12.8 Å². The predicted octanol–water partition coefficient (Wildman–Crippen LogP) is 1.11. The number of carbonyl (C=O) groups is 1. The van der Waals surface area contributed by atoms with Crippen LogP contribution in [0.1, 0.15) is 30.1 Å². The van der Waals surface area contributed by atoms with E-state index in [9.17, 15) is 4.79 Å². The lowest BCUT2D eigenvalue weighted by atomic mass is 10.2. The van der Waals surface area contributed by atoms with Crippen LogP contribution in [0.4, 0.5) is 5.82 Å². The summed E-state index contributed by atoms with van der Waals surface area (Å²) in [6.07, 6.45) is 3.96. The molecule has 98 valence electrons. The molecule has 1 fully saturated rings. The number of hydrogen-bond donors (Lipinski definition) is 2. The van der Waals surface area contributed by atoms with Crippen LogP contribution in [0.3, 0.4) is 0 Å². The van der Waals surface area contributed by atoms with Crippen molar-refractivity contribution in [3.63, 3.8) is 0 Å². The second-order valence-corrected chi connectivity index (χ2v) is 4.43. The molecule has 5 heteroatoms. The molecule has 1 aromatic heterocycles. The van der Waals surface area contributed by atoms with Crippen molar-refractivity contribution in [3.8, 4) is 0 Å². The lowest BCUT2D eigenvalue weighted by Crippen LogP contribution is -2.34. The van der Waals surface area contributed by atoms with Crippen LogP contribution in [0.15, 0.2) is 18.3 Å². The molecule has 0 bridgehead atoms. The van der Waals surface area contributed by atoms with Gasteiger partial charge in [-0.3, -0.25) is 4.79 Å². The Bertz CT molecular complexity index is 418. The molecule has 1 saturated carbocycles. The summed E-state index contributed by atoms with van der Waals surface area (Å²) < 4.78 is 0. The van der Waals surface area contributed by atoms with Crippen molar-refractivity contribution < 1.29 is 9.90 Å². The van der Waals surface area contributed by atoms with Crippen LogP contribution in [0, 0.1) is 0 Å². The third-order valence-electron chi connectivity index (χ3n) is 3.00. The predicted molar refractivity (Wildman–Crippen MR) is 69.5 cm³/mol. The molecule has 0 spiro atoms. The van der Waals surface area contributed by atoms with Gasteiger partial charge in [0.2, 0.25) is 0 Å². The fraction of sp³-hybridized carbons (Fsp3) is 0.538. The number of aliphatic hydroxyl groups is 1. The highest BCUT2D eigenvalue weighted by Crippen LogP contribution is 2.25. The normalized spacial score (nSPS) is 14.3. The Morgan fingerprint density at radius 1 is 1.61 bits per heavy atom. The fourth-order valence-corrected chi connectivity index (χ4v) is 1.81. The number of hydrogen-bond acceptors (Lipinski definition) is 4. The lowest BCUT2D eigenvalue weighted by molar-refractivity contribution is 0.0732. The van der Waals surface area contributed by atoms with Crippen molar-refractivity contribution in [2.45, 2.75) is 25.8 Å². The molecule has 1 heterocycles. The summed E-state index contributed by atoms with van der Waals surface area (Å²) in [5.41, 5.74) is 0.583. The van der Waals surface area contributed by atoms with Gasteiger partial charge in [0.15, 0.2) is 0 Å². The molecular formula is C13H19N3O2. The molecule has 5 nitrogen and oxygen atoms in total. The molecule has 1 aromatic rings. The minimum atomic E-state index is -0.0807. The third-order valence-corrected chi connectivity index (χ3v) is 3.00. The molecule has 2 rings (SSSR count). The molecule has 0 atom stereocenters. The van der Waals surface area contributed by atoms with Crippen molar-refractivity contribution in [1.82, 2.24) is 9.88 Å². The van der Waals surface area contributed by atoms with E-state index in [4.69, 9.17) is 5.11 Å². The lowest BCUT2D eigenvalue weighted by Gasteiger charge is -2.21. The number of pyridine rings is 1. The van der Waals surface area contributed by atoms with Gasteiger partial charge in [-0.2, -0.15) is 0 Å². The molecule has 0 aromatic carbocycles. The summed E-state index contributed by atoms with van der Waals surface area (Å²) in [4.78, 5) is 18.2. The standard InChI is InChI=1S/C13H19N3O2/c1-2-16(8-9-17)13(18)11-4-3-7-14-12(11)15-10-5-6-10/h3-4,7,10,17H,2,5-6,8-9H2,1H3,(H,14,15). The van der Waals surface area contributed by atoms with Crippen LogP contribution in [0.5, 0.6) is 0 Å². The van der Waals surface area contributed by atoms with Crippen LogP contribution in [-0.2, 0) is 0 Å². The van der Waals surface area contributed by atoms with Gasteiger partial charge in [0, 0.05) is 25.3 Å². The summed E-state index contributed by atoms with van der Waals surface area (Å²) in [5.74, 6) is 0.573. The minimum Gasteiger partial charge on any atom is -0.395 e. The zero-order valence-corrected chi connectivity index (χ0v) is 10.6. The second kappa shape index (κ2) is 5.82. The van der Waals surface area contributed by atoms with Gasteiger partial charge in [0.05, 0.1) is 12.2 Å². The average Bonchev–Trinajstić information content (AvgIpc) is 3.20. The number of carbonyl (C=O) groups excluding carboxylic acids is 1. The van der Waals surface area contributed by atoms with Crippen LogP contribution in [0.2, 0.25) is 0 Å². The first-order chi connectivity index (χ1) is 8.76. The summed E-state index contributed by atoms with van der Waals surface area (Å²) in [6, 6.07) is 4.00. The first kappa shape index (κ1) is 12.8. The summed E-state index contributed by atoms with van der Waals surface area (Å²) in [5, 5.41) is 12.2. The number of anilines is 1. The number of likely N-dealkylation sites (N-methyl/N-ethyl adjacent to an activating group) is 1. The van der Waals surface area contributed by atoms with Crippen molar-refractivity contribution in [3.05, 3.63) is 23.9 Å². The Labute approximate surface area is 107 Å². The zero-order valence-electron chi connectivity index (χ0n) is 10.6. The number of aliphatic hydroxyl groups excluding tert-OH is 1. The maximum Gasteiger partial charge on any atom is 0.257 e. The van der Waals surface area contributed by atoms with Gasteiger partial charge >= 0.3 is 0 Å². The van der Waals surface area contributed by atoms with E-state index in [1.165, 1.54) is 0 Å². The monoisotopic (exact) mass is 249 g/mol. The molecular weight excluding hydrogens is 230 g/mol. The number of amides is 1. The summed E-state index contributed by atoms with van der Waals surface area (Å²) in [7, 11) is 0. The molecule has 1 aliphatic carbocycles. The Balaban J connectivity index is 2.16. The molecule has 0 radical (unpaired) electrons. The van der Waals surface area contributed by atoms with E-state index in [1.807, 2.05) is 6.92 Å². The Hall–Kier alpha value is -1.62. The first-order valence-electron chi connectivity index (χ1n) is 6.38. The van der Waals surface area contributed by atoms with Gasteiger partial charge < -0.3 is 15.3 Å². The number of aromatic nitrogens is 1. The van der Waals surface area contributed by atoms with E-state index in [2.05, 4.69) is 10.3 Å². The summed E-state index contributed by atoms with van der Waals surface area (Å²) >= 11 is 0. The second-order valence-electron chi connectivity index (χ2n) is 4.43. The van der Waals surface area contributed by atoms with Gasteiger partial charge in [0.1, 0.15) is 5.82 Å². The van der Waals surface area contributed by atoms with Gasteiger partial charge in [-0.15, -0.1) is 0 Å². The minimum absolute atomic E-state index is 0.0226. The van der Waals surface area contributed by atoms with Gasteiger partial charge in [-0.25, -0.2) is 4.98 Å². The maximum atomic E-state index is 12.3. The van der Waals surface area contributed by atoms with Crippen LogP contribution < -0.4 is 5.32 Å². The SMILES string of the molecule is CCN(CCO)C(=O)c1cccnc1NC1CC1. The number of nitrogens with zero attached hydrogens (tertiary/aromatic N) is 2. The largest absolute Gasteiger partial charge is 0.395 e. The topological polar surface area (TPSA) is 65.5 Å².